The summed E-state index contributed by atoms with van der Waals surface area (Å²) in [5.41, 5.74) is 0.331. The molecule has 1 fully saturated rings. The maximum Gasteiger partial charge on any atom is 0.275 e. The van der Waals surface area contributed by atoms with Gasteiger partial charge in [-0.15, -0.1) is 0 Å². The number of hydrogen-bond donors (Lipinski definition) is 1. The molecule has 130 valence electrons. The van der Waals surface area contributed by atoms with E-state index in [1.165, 1.54) is 20.2 Å². The highest BCUT2D eigenvalue weighted by atomic mass is 32.2. The van der Waals surface area contributed by atoms with Crippen molar-refractivity contribution < 1.29 is 17.6 Å². The molecule has 1 aromatic rings. The van der Waals surface area contributed by atoms with Crippen molar-refractivity contribution in [3.8, 4) is 0 Å². The molecule has 0 bridgehead atoms. The van der Waals surface area contributed by atoms with Crippen molar-refractivity contribution in [3.05, 3.63) is 17.4 Å². The van der Waals surface area contributed by atoms with Gasteiger partial charge < -0.3 is 14.6 Å². The summed E-state index contributed by atoms with van der Waals surface area (Å²) in [6.07, 6.45) is 1.90. The first-order valence-corrected chi connectivity index (χ1v) is 9.18. The van der Waals surface area contributed by atoms with Crippen molar-refractivity contribution in [1.29, 1.82) is 0 Å². The van der Waals surface area contributed by atoms with Gasteiger partial charge in [-0.25, -0.2) is 12.7 Å². The van der Waals surface area contributed by atoms with Crippen molar-refractivity contribution in [1.82, 2.24) is 14.5 Å². The predicted octanol–water partition coefficient (Wildman–Crippen LogP) is 0.910. The van der Waals surface area contributed by atoms with Gasteiger partial charge in [0.1, 0.15) is 5.76 Å². The Hall–Kier alpha value is -1.38. The van der Waals surface area contributed by atoms with Gasteiger partial charge in [0.2, 0.25) is 5.09 Å². The molecule has 1 aliphatic rings. The third-order valence-electron chi connectivity index (χ3n) is 4.26. The zero-order chi connectivity index (χ0) is 17.2. The normalized spacial score (nSPS) is 17.0. The smallest absolute Gasteiger partial charge is 0.275 e. The van der Waals surface area contributed by atoms with E-state index in [1.807, 2.05) is 7.05 Å². The first-order chi connectivity index (χ1) is 10.8. The Morgan fingerprint density at radius 3 is 2.52 bits per heavy atom. The fourth-order valence-corrected chi connectivity index (χ4v) is 3.63. The van der Waals surface area contributed by atoms with Gasteiger partial charge >= 0.3 is 0 Å². The van der Waals surface area contributed by atoms with Gasteiger partial charge in [-0.05, 0) is 39.3 Å². The first-order valence-electron chi connectivity index (χ1n) is 7.74. The molecule has 1 aliphatic heterocycles. The summed E-state index contributed by atoms with van der Waals surface area (Å²) >= 11 is 0. The minimum absolute atomic E-state index is 0.158. The topological polar surface area (TPSA) is 82.9 Å². The van der Waals surface area contributed by atoms with Crippen LogP contribution in [-0.2, 0) is 10.0 Å². The van der Waals surface area contributed by atoms with Gasteiger partial charge in [0.05, 0.1) is 5.56 Å². The molecule has 2 heterocycles. The van der Waals surface area contributed by atoms with Crippen LogP contribution in [0.25, 0.3) is 0 Å². The van der Waals surface area contributed by atoms with Gasteiger partial charge in [-0.2, -0.15) is 0 Å². The molecule has 7 nitrogen and oxygen atoms in total. The van der Waals surface area contributed by atoms with E-state index < -0.39 is 10.0 Å². The number of likely N-dealkylation sites (tertiary alicyclic amines) is 1. The van der Waals surface area contributed by atoms with Crippen LogP contribution in [0.4, 0.5) is 0 Å². The molecule has 8 heteroatoms. The van der Waals surface area contributed by atoms with Crippen LogP contribution in [0, 0.1) is 12.8 Å². The summed E-state index contributed by atoms with van der Waals surface area (Å²) in [5.74, 6) is 0.765. The average molecular weight is 343 g/mol. The number of hydrogen-bond acceptors (Lipinski definition) is 5. The standard InChI is InChI=1S/C15H25N3O4S/c1-11-13(9-14(22-11)23(20,21)17(3)4)15(19)18-7-5-12(6-8-18)10-16-2/h9,12,16H,5-8,10H2,1-4H3. The lowest BCUT2D eigenvalue weighted by molar-refractivity contribution is 0.0689. The minimum atomic E-state index is -3.67. The van der Waals surface area contributed by atoms with Crippen molar-refractivity contribution in [2.45, 2.75) is 24.9 Å². The maximum atomic E-state index is 12.6. The molecule has 0 radical (unpaired) electrons. The van der Waals surface area contributed by atoms with Crippen LogP contribution in [0.3, 0.4) is 0 Å². The molecule has 0 unspecified atom stereocenters. The van der Waals surface area contributed by atoms with E-state index in [1.54, 1.807) is 11.8 Å². The first kappa shape index (κ1) is 18.0. The van der Waals surface area contributed by atoms with Gasteiger partial charge in [0.15, 0.2) is 0 Å². The molecule has 1 N–H and O–H groups in total. The second-order valence-corrected chi connectivity index (χ2v) is 8.20. The van der Waals surface area contributed by atoms with E-state index in [0.29, 0.717) is 30.3 Å². The lowest BCUT2D eigenvalue weighted by atomic mass is 9.96. The number of carbonyl (C=O) groups is 1. The molecule has 0 aliphatic carbocycles. The number of piperidine rings is 1. The number of carbonyl (C=O) groups excluding carboxylic acids is 1. The number of furan rings is 1. The fourth-order valence-electron chi connectivity index (χ4n) is 2.77. The predicted molar refractivity (Wildman–Crippen MR) is 86.9 cm³/mol. The van der Waals surface area contributed by atoms with Crippen molar-refractivity contribution >= 4 is 15.9 Å². The van der Waals surface area contributed by atoms with Crippen molar-refractivity contribution in [2.75, 3.05) is 40.8 Å². The Kier molecular flexibility index (Phi) is 5.49. The molecule has 1 amide bonds. The van der Waals surface area contributed by atoms with E-state index in [-0.39, 0.29) is 11.0 Å². The lowest BCUT2D eigenvalue weighted by Crippen LogP contribution is -2.40. The highest BCUT2D eigenvalue weighted by Gasteiger charge is 2.29. The van der Waals surface area contributed by atoms with E-state index in [9.17, 15) is 13.2 Å². The van der Waals surface area contributed by atoms with Crippen LogP contribution in [0.15, 0.2) is 15.6 Å². The minimum Gasteiger partial charge on any atom is -0.448 e. The molecule has 23 heavy (non-hydrogen) atoms. The van der Waals surface area contributed by atoms with Gasteiger partial charge in [-0.3, -0.25) is 4.79 Å². The molecular weight excluding hydrogens is 318 g/mol. The third-order valence-corrected chi connectivity index (χ3v) is 5.93. The van der Waals surface area contributed by atoms with E-state index >= 15 is 0 Å². The average Bonchev–Trinajstić information content (AvgIpc) is 2.90. The molecular formula is C15H25N3O4S. The highest BCUT2D eigenvalue weighted by molar-refractivity contribution is 7.88. The van der Waals surface area contributed by atoms with Crippen molar-refractivity contribution in [2.24, 2.45) is 5.92 Å². The van der Waals surface area contributed by atoms with E-state index in [2.05, 4.69) is 5.32 Å². The molecule has 1 saturated heterocycles. The van der Waals surface area contributed by atoms with Gasteiger partial charge in [-0.1, -0.05) is 0 Å². The number of nitrogens with one attached hydrogen (secondary N) is 1. The summed E-state index contributed by atoms with van der Waals surface area (Å²) in [6, 6.07) is 1.34. The molecule has 2 rings (SSSR count). The van der Waals surface area contributed by atoms with Crippen molar-refractivity contribution in [3.63, 3.8) is 0 Å². The summed E-state index contributed by atoms with van der Waals surface area (Å²) < 4.78 is 30.6. The summed E-state index contributed by atoms with van der Waals surface area (Å²) in [7, 11) is 1.12. The summed E-state index contributed by atoms with van der Waals surface area (Å²) in [4.78, 5) is 14.4. The van der Waals surface area contributed by atoms with Crippen LogP contribution in [0.5, 0.6) is 0 Å². The van der Waals surface area contributed by atoms with Crippen LogP contribution in [0.2, 0.25) is 0 Å². The molecule has 0 saturated carbocycles. The monoisotopic (exact) mass is 343 g/mol. The molecule has 0 aromatic carbocycles. The zero-order valence-electron chi connectivity index (χ0n) is 14.1. The SMILES string of the molecule is CNCC1CCN(C(=O)c2cc(S(=O)(=O)N(C)C)oc2C)CC1. The number of amides is 1. The van der Waals surface area contributed by atoms with E-state index in [4.69, 9.17) is 4.42 Å². The number of rotatable bonds is 5. The van der Waals surface area contributed by atoms with Gasteiger partial charge in [0, 0.05) is 33.3 Å². The number of sulfonamides is 1. The molecule has 0 spiro atoms. The van der Waals surface area contributed by atoms with E-state index in [0.717, 1.165) is 23.7 Å². The summed E-state index contributed by atoms with van der Waals surface area (Å²) in [6.45, 7) is 3.95. The zero-order valence-corrected chi connectivity index (χ0v) is 14.9. The largest absolute Gasteiger partial charge is 0.448 e. The molecule has 0 atom stereocenters. The summed E-state index contributed by atoms with van der Waals surface area (Å²) in [5, 5.41) is 2.98. The quantitative estimate of drug-likeness (QED) is 0.859. The Bertz CT molecular complexity index is 658. The fraction of sp³-hybridized carbons (Fsp3) is 0.667. The number of nitrogens with zero attached hydrogens (tertiary/aromatic N) is 2. The van der Waals surface area contributed by atoms with Crippen LogP contribution >= 0.6 is 0 Å². The molecule has 1 aromatic heterocycles. The van der Waals surface area contributed by atoms with Gasteiger partial charge in [0.25, 0.3) is 15.9 Å². The highest BCUT2D eigenvalue weighted by Crippen LogP contribution is 2.24. The maximum absolute atomic E-state index is 12.6. The second-order valence-electron chi connectivity index (χ2n) is 6.12. The second kappa shape index (κ2) is 7.02. The number of aryl methyl sites for hydroxylation is 1. The Morgan fingerprint density at radius 2 is 2.00 bits per heavy atom. The Morgan fingerprint density at radius 1 is 1.39 bits per heavy atom. The lowest BCUT2D eigenvalue weighted by Gasteiger charge is -2.31. The van der Waals surface area contributed by atoms with Crippen LogP contribution in [-0.4, -0.2) is 64.3 Å². The Balaban J connectivity index is 2.14. The third kappa shape index (κ3) is 3.76. The van der Waals surface area contributed by atoms with Crippen LogP contribution in [0.1, 0.15) is 29.0 Å². The Labute approximate surface area is 137 Å². The van der Waals surface area contributed by atoms with Crippen LogP contribution < -0.4 is 5.32 Å².